The maximum Gasteiger partial charge on any atom is 0.233 e. The molecule has 1 heterocycles. The molecule has 2 rings (SSSR count). The lowest BCUT2D eigenvalue weighted by atomic mass is 10.3. The van der Waals surface area contributed by atoms with Gasteiger partial charge in [0.2, 0.25) is 11.8 Å². The first-order chi connectivity index (χ1) is 10.6. The number of nitrogens with one attached hydrogen (secondary N) is 1. The van der Waals surface area contributed by atoms with Crippen LogP contribution in [0.3, 0.4) is 0 Å². The number of carbonyl (C=O) groups excluding carboxylic acids is 2. The molecule has 1 saturated heterocycles. The molecule has 1 aliphatic heterocycles. The molecule has 0 saturated carbocycles. The van der Waals surface area contributed by atoms with Crippen LogP contribution in [0.4, 0.5) is 0 Å². The van der Waals surface area contributed by atoms with E-state index in [0.29, 0.717) is 18.0 Å². The van der Waals surface area contributed by atoms with E-state index in [-0.39, 0.29) is 17.1 Å². The van der Waals surface area contributed by atoms with Gasteiger partial charge in [0.1, 0.15) is 0 Å². The average Bonchev–Trinajstić information content (AvgIpc) is 3.03. The molecule has 1 aromatic rings. The molecule has 0 aliphatic carbocycles. The van der Waals surface area contributed by atoms with Gasteiger partial charge in [-0.3, -0.25) is 9.59 Å². The minimum Gasteiger partial charge on any atom is -0.355 e. The van der Waals surface area contributed by atoms with E-state index in [1.54, 1.807) is 0 Å². The van der Waals surface area contributed by atoms with Gasteiger partial charge in [-0.05, 0) is 44.0 Å². The van der Waals surface area contributed by atoms with Crippen LogP contribution in [0.5, 0.6) is 0 Å². The van der Waals surface area contributed by atoms with Crippen LogP contribution in [-0.2, 0) is 9.59 Å². The second-order valence-electron chi connectivity index (χ2n) is 5.34. The number of nitrogens with zero attached hydrogens (tertiary/aromatic N) is 1. The molecular formula is C16H21ClN2O2S. The minimum atomic E-state index is -0.205. The minimum absolute atomic E-state index is 0.0471. The van der Waals surface area contributed by atoms with E-state index in [9.17, 15) is 9.59 Å². The molecule has 0 radical (unpaired) electrons. The van der Waals surface area contributed by atoms with Crippen LogP contribution in [0.15, 0.2) is 29.2 Å². The van der Waals surface area contributed by atoms with Crippen molar-refractivity contribution in [2.75, 3.05) is 19.6 Å². The zero-order valence-electron chi connectivity index (χ0n) is 12.7. The Kier molecular flexibility index (Phi) is 6.58. The summed E-state index contributed by atoms with van der Waals surface area (Å²) in [5.74, 6) is 0.0879. The van der Waals surface area contributed by atoms with Gasteiger partial charge in [0.05, 0.1) is 5.25 Å². The largest absolute Gasteiger partial charge is 0.355 e. The predicted octanol–water partition coefficient (Wildman–Crippen LogP) is 2.95. The molecular weight excluding hydrogens is 320 g/mol. The average molecular weight is 341 g/mol. The molecule has 120 valence electrons. The topological polar surface area (TPSA) is 49.4 Å². The van der Waals surface area contributed by atoms with Crippen LogP contribution in [0.2, 0.25) is 5.02 Å². The monoisotopic (exact) mass is 340 g/mol. The summed E-state index contributed by atoms with van der Waals surface area (Å²) in [6, 6.07) is 7.41. The fourth-order valence-corrected chi connectivity index (χ4v) is 3.35. The zero-order chi connectivity index (χ0) is 15.9. The molecule has 22 heavy (non-hydrogen) atoms. The fraction of sp³-hybridized carbons (Fsp3) is 0.500. The van der Waals surface area contributed by atoms with Crippen molar-refractivity contribution in [2.45, 2.75) is 36.3 Å². The third kappa shape index (κ3) is 5.21. The van der Waals surface area contributed by atoms with Gasteiger partial charge in [0.15, 0.2) is 0 Å². The van der Waals surface area contributed by atoms with Gasteiger partial charge in [-0.15, -0.1) is 11.8 Å². The molecule has 4 nitrogen and oxygen atoms in total. The number of thioether (sulfide) groups is 1. The number of halogens is 1. The Morgan fingerprint density at radius 1 is 1.27 bits per heavy atom. The number of hydrogen-bond acceptors (Lipinski definition) is 3. The van der Waals surface area contributed by atoms with Crippen LogP contribution in [0.25, 0.3) is 0 Å². The molecule has 1 aliphatic rings. The second kappa shape index (κ2) is 8.44. The number of carbonyl (C=O) groups is 2. The standard InChI is InChI=1S/C16H21ClN2O2S/c1-12(22-14-6-4-13(17)5-7-14)16(21)18-9-8-15(20)19-10-2-3-11-19/h4-7,12H,2-3,8-11H2,1H3,(H,18,21). The number of rotatable bonds is 6. The maximum absolute atomic E-state index is 12.0. The third-order valence-electron chi connectivity index (χ3n) is 3.59. The lowest BCUT2D eigenvalue weighted by Gasteiger charge is -2.16. The van der Waals surface area contributed by atoms with Crippen molar-refractivity contribution >= 4 is 35.2 Å². The number of likely N-dealkylation sites (tertiary alicyclic amines) is 1. The quantitative estimate of drug-likeness (QED) is 0.810. The van der Waals surface area contributed by atoms with Crippen LogP contribution in [-0.4, -0.2) is 41.6 Å². The molecule has 0 aromatic heterocycles. The Hall–Kier alpha value is -1.20. The number of benzene rings is 1. The molecule has 2 amide bonds. The Morgan fingerprint density at radius 3 is 2.55 bits per heavy atom. The van der Waals surface area contributed by atoms with E-state index in [1.165, 1.54) is 11.8 Å². The summed E-state index contributed by atoms with van der Waals surface area (Å²) < 4.78 is 0. The van der Waals surface area contributed by atoms with E-state index in [2.05, 4.69) is 5.32 Å². The summed E-state index contributed by atoms with van der Waals surface area (Å²) in [7, 11) is 0. The van der Waals surface area contributed by atoms with Crippen molar-refractivity contribution in [1.82, 2.24) is 10.2 Å². The normalized spacial score (nSPS) is 15.6. The van der Waals surface area contributed by atoms with E-state index < -0.39 is 0 Å². The third-order valence-corrected chi connectivity index (χ3v) is 4.96. The Balaban J connectivity index is 1.69. The molecule has 1 atom stereocenters. The van der Waals surface area contributed by atoms with E-state index >= 15 is 0 Å². The molecule has 0 spiro atoms. The predicted molar refractivity (Wildman–Crippen MR) is 90.2 cm³/mol. The van der Waals surface area contributed by atoms with Crippen LogP contribution < -0.4 is 5.32 Å². The van der Waals surface area contributed by atoms with E-state index in [0.717, 1.165) is 30.8 Å². The molecule has 1 N–H and O–H groups in total. The highest BCUT2D eigenvalue weighted by Crippen LogP contribution is 2.24. The summed E-state index contributed by atoms with van der Waals surface area (Å²) in [6.45, 7) is 3.97. The first-order valence-electron chi connectivity index (χ1n) is 7.54. The number of amides is 2. The van der Waals surface area contributed by atoms with Crippen LogP contribution in [0, 0.1) is 0 Å². The van der Waals surface area contributed by atoms with Gasteiger partial charge in [-0.2, -0.15) is 0 Å². The SMILES string of the molecule is CC(Sc1ccc(Cl)cc1)C(=O)NCCC(=O)N1CCCC1. The van der Waals surface area contributed by atoms with Crippen LogP contribution in [0.1, 0.15) is 26.2 Å². The summed E-state index contributed by atoms with van der Waals surface area (Å²) >= 11 is 7.32. The van der Waals surface area contributed by atoms with Crippen molar-refractivity contribution in [3.8, 4) is 0 Å². The van der Waals surface area contributed by atoms with Crippen molar-refractivity contribution in [3.63, 3.8) is 0 Å². The zero-order valence-corrected chi connectivity index (χ0v) is 14.3. The summed E-state index contributed by atoms with van der Waals surface area (Å²) in [4.78, 5) is 26.8. The van der Waals surface area contributed by atoms with Crippen molar-refractivity contribution < 1.29 is 9.59 Å². The molecule has 1 unspecified atom stereocenters. The van der Waals surface area contributed by atoms with Gasteiger partial charge in [-0.25, -0.2) is 0 Å². The van der Waals surface area contributed by atoms with Crippen LogP contribution >= 0.6 is 23.4 Å². The van der Waals surface area contributed by atoms with E-state index in [1.807, 2.05) is 36.1 Å². The Bertz CT molecular complexity index is 515. The van der Waals surface area contributed by atoms with Gasteiger partial charge in [0.25, 0.3) is 0 Å². The molecule has 6 heteroatoms. The summed E-state index contributed by atoms with van der Waals surface area (Å²) in [5, 5.41) is 3.31. The highest BCUT2D eigenvalue weighted by molar-refractivity contribution is 8.00. The van der Waals surface area contributed by atoms with Crippen molar-refractivity contribution in [1.29, 1.82) is 0 Å². The Labute approximate surface area is 140 Å². The first kappa shape index (κ1) is 17.2. The van der Waals surface area contributed by atoms with Gasteiger partial charge in [0, 0.05) is 36.0 Å². The lowest BCUT2D eigenvalue weighted by Crippen LogP contribution is -2.35. The fourth-order valence-electron chi connectivity index (χ4n) is 2.33. The Morgan fingerprint density at radius 2 is 1.91 bits per heavy atom. The van der Waals surface area contributed by atoms with Gasteiger partial charge in [-0.1, -0.05) is 11.6 Å². The van der Waals surface area contributed by atoms with Gasteiger partial charge < -0.3 is 10.2 Å². The van der Waals surface area contributed by atoms with Crippen molar-refractivity contribution in [2.24, 2.45) is 0 Å². The van der Waals surface area contributed by atoms with Gasteiger partial charge >= 0.3 is 0 Å². The highest BCUT2D eigenvalue weighted by atomic mass is 35.5. The summed E-state index contributed by atoms with van der Waals surface area (Å²) in [5.41, 5.74) is 0. The number of hydrogen-bond donors (Lipinski definition) is 1. The smallest absolute Gasteiger partial charge is 0.233 e. The molecule has 0 bridgehead atoms. The molecule has 1 fully saturated rings. The second-order valence-corrected chi connectivity index (χ2v) is 7.19. The maximum atomic E-state index is 12.0. The summed E-state index contributed by atoms with van der Waals surface area (Å²) in [6.07, 6.45) is 2.56. The lowest BCUT2D eigenvalue weighted by molar-refractivity contribution is -0.130. The van der Waals surface area contributed by atoms with E-state index in [4.69, 9.17) is 11.6 Å². The van der Waals surface area contributed by atoms with Crippen molar-refractivity contribution in [3.05, 3.63) is 29.3 Å². The molecule has 1 aromatic carbocycles. The highest BCUT2D eigenvalue weighted by Gasteiger charge is 2.18. The first-order valence-corrected chi connectivity index (χ1v) is 8.80.